The quantitative estimate of drug-likeness (QED) is 0.847. The van der Waals surface area contributed by atoms with Gasteiger partial charge in [-0.25, -0.2) is 4.79 Å². The normalized spacial score (nSPS) is 14.9. The molecule has 1 aromatic rings. The Hall–Kier alpha value is -1.88. The minimum Gasteiger partial charge on any atom is -0.335 e. The fourth-order valence-electron chi connectivity index (χ4n) is 2.95. The summed E-state index contributed by atoms with van der Waals surface area (Å²) in [6.45, 7) is 3.01. The van der Waals surface area contributed by atoms with E-state index in [9.17, 15) is 9.59 Å². The first-order chi connectivity index (χ1) is 11.1. The summed E-state index contributed by atoms with van der Waals surface area (Å²) in [5.74, 6) is -0.270. The predicted molar refractivity (Wildman–Crippen MR) is 91.1 cm³/mol. The molecule has 0 aliphatic heterocycles. The Bertz CT molecular complexity index is 522. The number of hydrogen-bond acceptors (Lipinski definition) is 3. The Kier molecular flexibility index (Phi) is 6.59. The number of carbonyl (C=O) groups excluding carboxylic acids is 2. The molecule has 0 saturated heterocycles. The molecular weight excluding hydrogens is 290 g/mol. The summed E-state index contributed by atoms with van der Waals surface area (Å²) < 4.78 is 0. The first-order valence-electron chi connectivity index (χ1n) is 8.43. The number of hydrogen-bond donors (Lipinski definition) is 2. The maximum atomic E-state index is 11.9. The number of likely N-dealkylation sites (N-methyl/N-ethyl adjacent to an activating group) is 1. The van der Waals surface area contributed by atoms with Gasteiger partial charge in [-0.15, -0.1) is 0 Å². The summed E-state index contributed by atoms with van der Waals surface area (Å²) >= 11 is 0. The number of nitrogens with one attached hydrogen (secondary N) is 2. The van der Waals surface area contributed by atoms with E-state index in [1.807, 2.05) is 11.9 Å². The molecule has 0 aromatic heterocycles. The highest BCUT2D eigenvalue weighted by molar-refractivity contribution is 5.95. The van der Waals surface area contributed by atoms with Gasteiger partial charge in [-0.1, -0.05) is 44.0 Å². The minimum atomic E-state index is -0.373. The van der Waals surface area contributed by atoms with Crippen LogP contribution in [0.5, 0.6) is 0 Å². The van der Waals surface area contributed by atoms with Crippen molar-refractivity contribution < 1.29 is 9.59 Å². The lowest BCUT2D eigenvalue weighted by Crippen LogP contribution is -2.46. The summed E-state index contributed by atoms with van der Waals surface area (Å²) in [4.78, 5) is 25.6. The van der Waals surface area contributed by atoms with Crippen LogP contribution in [0.25, 0.3) is 0 Å². The van der Waals surface area contributed by atoms with Crippen molar-refractivity contribution in [3.8, 4) is 0 Å². The number of carbonyl (C=O) groups is 2. The van der Waals surface area contributed by atoms with Crippen molar-refractivity contribution in [1.29, 1.82) is 0 Å². The van der Waals surface area contributed by atoms with Crippen molar-refractivity contribution in [3.05, 3.63) is 35.4 Å². The van der Waals surface area contributed by atoms with Crippen molar-refractivity contribution in [2.75, 3.05) is 13.6 Å². The van der Waals surface area contributed by atoms with Crippen LogP contribution < -0.4 is 10.6 Å². The molecule has 5 nitrogen and oxygen atoms in total. The van der Waals surface area contributed by atoms with Gasteiger partial charge in [0.25, 0.3) is 0 Å². The summed E-state index contributed by atoms with van der Waals surface area (Å²) in [6.07, 6.45) is 5.34. The molecule has 0 radical (unpaired) electrons. The van der Waals surface area contributed by atoms with E-state index >= 15 is 0 Å². The van der Waals surface area contributed by atoms with Crippen LogP contribution in [0.2, 0.25) is 0 Å². The third-order valence-corrected chi connectivity index (χ3v) is 4.24. The second-order valence-electron chi connectivity index (χ2n) is 6.35. The Morgan fingerprint density at radius 2 is 1.74 bits per heavy atom. The van der Waals surface area contributed by atoms with Crippen molar-refractivity contribution in [2.45, 2.75) is 51.6 Å². The summed E-state index contributed by atoms with van der Waals surface area (Å²) in [5.41, 5.74) is 2.46. The molecule has 1 aliphatic rings. The molecule has 126 valence electrons. The average molecular weight is 317 g/mol. The summed E-state index contributed by atoms with van der Waals surface area (Å²) in [5, 5.41) is 5.27. The lowest BCUT2D eigenvalue weighted by Gasteiger charge is -2.17. The van der Waals surface area contributed by atoms with E-state index in [2.05, 4.69) is 41.8 Å². The van der Waals surface area contributed by atoms with Crippen LogP contribution >= 0.6 is 0 Å². The monoisotopic (exact) mass is 317 g/mol. The van der Waals surface area contributed by atoms with E-state index in [1.54, 1.807) is 0 Å². The number of amides is 3. The second kappa shape index (κ2) is 8.67. The number of benzene rings is 1. The molecule has 2 N–H and O–H groups in total. The maximum Gasteiger partial charge on any atom is 0.321 e. The van der Waals surface area contributed by atoms with Crippen molar-refractivity contribution in [1.82, 2.24) is 15.5 Å². The lowest BCUT2D eigenvalue weighted by molar-refractivity contribution is -0.121. The van der Waals surface area contributed by atoms with Crippen LogP contribution in [0, 0.1) is 0 Å². The van der Waals surface area contributed by atoms with Gasteiger partial charge in [0.1, 0.15) is 0 Å². The SMILES string of the molecule is CCc1ccc(CN(C)CC(=O)NC(=O)NC2CCCC2)cc1. The van der Waals surface area contributed by atoms with Gasteiger partial charge in [-0.05, 0) is 37.4 Å². The molecule has 2 rings (SSSR count). The number of rotatable bonds is 6. The van der Waals surface area contributed by atoms with E-state index in [0.717, 1.165) is 37.7 Å². The van der Waals surface area contributed by atoms with Crippen LogP contribution in [0.4, 0.5) is 4.79 Å². The topological polar surface area (TPSA) is 61.4 Å². The Labute approximate surface area is 138 Å². The van der Waals surface area contributed by atoms with E-state index in [-0.39, 0.29) is 24.5 Å². The molecule has 3 amide bonds. The van der Waals surface area contributed by atoms with Crippen LogP contribution in [0.3, 0.4) is 0 Å². The minimum absolute atomic E-state index is 0.202. The third-order valence-electron chi connectivity index (χ3n) is 4.24. The van der Waals surface area contributed by atoms with Gasteiger partial charge >= 0.3 is 6.03 Å². The van der Waals surface area contributed by atoms with E-state index in [4.69, 9.17) is 0 Å². The van der Waals surface area contributed by atoms with Gasteiger partial charge in [0.15, 0.2) is 0 Å². The van der Waals surface area contributed by atoms with Gasteiger partial charge in [-0.2, -0.15) is 0 Å². The molecule has 1 aliphatic carbocycles. The standard InChI is InChI=1S/C18H27N3O2/c1-3-14-8-10-15(11-9-14)12-21(2)13-17(22)20-18(23)19-16-6-4-5-7-16/h8-11,16H,3-7,12-13H2,1-2H3,(H2,19,20,22,23). The van der Waals surface area contributed by atoms with Crippen LogP contribution in [-0.4, -0.2) is 36.5 Å². The smallest absolute Gasteiger partial charge is 0.321 e. The third kappa shape index (κ3) is 6.02. The van der Waals surface area contributed by atoms with Crippen molar-refractivity contribution in [2.24, 2.45) is 0 Å². The number of urea groups is 1. The lowest BCUT2D eigenvalue weighted by atomic mass is 10.1. The molecule has 0 heterocycles. The average Bonchev–Trinajstić information content (AvgIpc) is 3.00. The zero-order valence-corrected chi connectivity index (χ0v) is 14.1. The van der Waals surface area contributed by atoms with Crippen LogP contribution in [0.15, 0.2) is 24.3 Å². The number of nitrogens with zero attached hydrogens (tertiary/aromatic N) is 1. The molecule has 0 bridgehead atoms. The molecule has 0 spiro atoms. The fraction of sp³-hybridized carbons (Fsp3) is 0.556. The highest BCUT2D eigenvalue weighted by Gasteiger charge is 2.18. The summed E-state index contributed by atoms with van der Waals surface area (Å²) in [7, 11) is 1.88. The second-order valence-corrected chi connectivity index (χ2v) is 6.35. The van der Waals surface area contributed by atoms with Crippen LogP contribution in [-0.2, 0) is 17.8 Å². The highest BCUT2D eigenvalue weighted by Crippen LogP contribution is 2.17. The van der Waals surface area contributed by atoms with Crippen molar-refractivity contribution in [3.63, 3.8) is 0 Å². The molecule has 0 atom stereocenters. The Morgan fingerprint density at radius 1 is 1.13 bits per heavy atom. The van der Waals surface area contributed by atoms with Gasteiger partial charge < -0.3 is 5.32 Å². The fourth-order valence-corrected chi connectivity index (χ4v) is 2.95. The van der Waals surface area contributed by atoms with Gasteiger partial charge in [0, 0.05) is 12.6 Å². The predicted octanol–water partition coefficient (Wildman–Crippen LogP) is 2.45. The number of aryl methyl sites for hydroxylation is 1. The van der Waals surface area contributed by atoms with Gasteiger partial charge in [0.2, 0.25) is 5.91 Å². The van der Waals surface area contributed by atoms with Gasteiger partial charge in [-0.3, -0.25) is 15.0 Å². The molecule has 1 saturated carbocycles. The highest BCUT2D eigenvalue weighted by atomic mass is 16.2. The van der Waals surface area contributed by atoms with E-state index in [1.165, 1.54) is 5.56 Å². The first kappa shape index (κ1) is 17.5. The Morgan fingerprint density at radius 3 is 2.35 bits per heavy atom. The molecule has 1 fully saturated rings. The zero-order chi connectivity index (χ0) is 16.7. The van der Waals surface area contributed by atoms with E-state index in [0.29, 0.717) is 6.54 Å². The Balaban J connectivity index is 1.71. The number of imide groups is 1. The molecule has 23 heavy (non-hydrogen) atoms. The molecular formula is C18H27N3O2. The molecule has 0 unspecified atom stereocenters. The van der Waals surface area contributed by atoms with E-state index < -0.39 is 0 Å². The first-order valence-corrected chi connectivity index (χ1v) is 8.43. The molecule has 5 heteroatoms. The molecule has 1 aromatic carbocycles. The zero-order valence-electron chi connectivity index (χ0n) is 14.1. The largest absolute Gasteiger partial charge is 0.335 e. The van der Waals surface area contributed by atoms with Crippen molar-refractivity contribution >= 4 is 11.9 Å². The summed E-state index contributed by atoms with van der Waals surface area (Å²) in [6, 6.07) is 8.23. The van der Waals surface area contributed by atoms with Gasteiger partial charge in [0.05, 0.1) is 6.54 Å². The maximum absolute atomic E-state index is 11.9. The van der Waals surface area contributed by atoms with Crippen LogP contribution in [0.1, 0.15) is 43.7 Å².